The number of aromatic nitrogens is 1. The largest absolute Gasteiger partial charge is 0.496 e. The zero-order valence-corrected chi connectivity index (χ0v) is 11.3. The van der Waals surface area contributed by atoms with E-state index in [4.69, 9.17) is 9.84 Å². The predicted molar refractivity (Wildman–Crippen MR) is 74.0 cm³/mol. The third kappa shape index (κ3) is 2.52. The Hall–Kier alpha value is -2.10. The van der Waals surface area contributed by atoms with Gasteiger partial charge in [-0.25, -0.2) is 9.78 Å². The molecule has 1 atom stereocenters. The van der Waals surface area contributed by atoms with Gasteiger partial charge in [0.2, 0.25) is 0 Å². The Morgan fingerprint density at radius 2 is 2.16 bits per heavy atom. The van der Waals surface area contributed by atoms with Gasteiger partial charge < -0.3 is 9.84 Å². The molecule has 2 rings (SSSR count). The number of hydrogen-bond donors (Lipinski definition) is 1. The van der Waals surface area contributed by atoms with Gasteiger partial charge >= 0.3 is 5.97 Å². The molecule has 0 saturated carbocycles. The van der Waals surface area contributed by atoms with Crippen molar-refractivity contribution in [1.82, 2.24) is 4.98 Å². The van der Waals surface area contributed by atoms with E-state index < -0.39 is 5.97 Å². The smallest absolute Gasteiger partial charge is 0.354 e. The molecule has 0 fully saturated rings. The number of fused-ring (bicyclic) bond motifs is 1. The molecule has 0 aliphatic rings. The van der Waals surface area contributed by atoms with Crippen LogP contribution in [0.25, 0.3) is 10.9 Å². The van der Waals surface area contributed by atoms with Crippen LogP contribution in [-0.2, 0) is 0 Å². The van der Waals surface area contributed by atoms with Gasteiger partial charge in [0.15, 0.2) is 5.69 Å². The summed E-state index contributed by atoms with van der Waals surface area (Å²) < 4.78 is 5.28. The average molecular weight is 259 g/mol. The number of aromatic carboxylic acids is 1. The van der Waals surface area contributed by atoms with Crippen molar-refractivity contribution in [2.45, 2.75) is 26.2 Å². The summed E-state index contributed by atoms with van der Waals surface area (Å²) in [6.07, 6.45) is 1.05. The van der Waals surface area contributed by atoms with E-state index in [2.05, 4.69) is 18.8 Å². The van der Waals surface area contributed by atoms with Crippen LogP contribution in [0.1, 0.15) is 42.2 Å². The summed E-state index contributed by atoms with van der Waals surface area (Å²) >= 11 is 0. The Morgan fingerprint density at radius 3 is 2.74 bits per heavy atom. The number of hydrogen-bond acceptors (Lipinski definition) is 3. The minimum Gasteiger partial charge on any atom is -0.496 e. The van der Waals surface area contributed by atoms with Crippen LogP contribution in [0, 0.1) is 0 Å². The molecule has 0 saturated heterocycles. The molecule has 0 aliphatic carbocycles. The van der Waals surface area contributed by atoms with Crippen LogP contribution in [-0.4, -0.2) is 23.2 Å². The monoisotopic (exact) mass is 259 g/mol. The highest BCUT2D eigenvalue weighted by Gasteiger charge is 2.13. The second-order valence-electron chi connectivity index (χ2n) is 4.60. The average Bonchev–Trinajstić information content (AvgIpc) is 2.44. The number of ether oxygens (including phenoxy) is 1. The maximum absolute atomic E-state index is 11.0. The first-order valence-electron chi connectivity index (χ1n) is 6.28. The number of carboxylic acids is 1. The van der Waals surface area contributed by atoms with Gasteiger partial charge in [-0.3, -0.25) is 0 Å². The quantitative estimate of drug-likeness (QED) is 0.913. The molecule has 0 amide bonds. The van der Waals surface area contributed by atoms with Crippen molar-refractivity contribution in [2.75, 3.05) is 7.11 Å². The molecule has 0 radical (unpaired) electrons. The summed E-state index contributed by atoms with van der Waals surface area (Å²) in [7, 11) is 1.54. The van der Waals surface area contributed by atoms with Crippen molar-refractivity contribution >= 4 is 16.9 Å². The number of carbonyl (C=O) groups is 1. The first kappa shape index (κ1) is 13.3. The van der Waals surface area contributed by atoms with Crippen molar-refractivity contribution in [2.24, 2.45) is 0 Å². The summed E-state index contributed by atoms with van der Waals surface area (Å²) in [5.74, 6) is -0.0491. The van der Waals surface area contributed by atoms with E-state index in [1.807, 2.05) is 18.2 Å². The van der Waals surface area contributed by atoms with Crippen molar-refractivity contribution < 1.29 is 14.6 Å². The molecule has 0 aliphatic heterocycles. The summed E-state index contributed by atoms with van der Waals surface area (Å²) in [6.45, 7) is 4.30. The number of rotatable bonds is 4. The molecule has 0 spiro atoms. The highest BCUT2D eigenvalue weighted by molar-refractivity contribution is 5.93. The minimum absolute atomic E-state index is 0.000593. The Labute approximate surface area is 112 Å². The maximum Gasteiger partial charge on any atom is 0.354 e. The van der Waals surface area contributed by atoms with Crippen LogP contribution in [0.2, 0.25) is 0 Å². The third-order valence-corrected chi connectivity index (χ3v) is 3.42. The molecule has 4 heteroatoms. The van der Waals surface area contributed by atoms with Crippen LogP contribution in [0.3, 0.4) is 0 Å². The highest BCUT2D eigenvalue weighted by atomic mass is 16.5. The fourth-order valence-electron chi connectivity index (χ4n) is 2.03. The summed E-state index contributed by atoms with van der Waals surface area (Å²) in [5, 5.41) is 9.88. The van der Waals surface area contributed by atoms with E-state index in [1.54, 1.807) is 0 Å². The molecule has 2 aromatic rings. The van der Waals surface area contributed by atoms with E-state index in [0.29, 0.717) is 17.2 Å². The van der Waals surface area contributed by atoms with E-state index in [1.165, 1.54) is 18.7 Å². The number of carboxylic acid groups (broad SMARTS) is 1. The number of methoxy groups -OCH3 is 1. The van der Waals surface area contributed by atoms with E-state index in [0.717, 1.165) is 11.8 Å². The Kier molecular flexibility index (Phi) is 3.69. The first-order valence-corrected chi connectivity index (χ1v) is 6.28. The normalized spacial score (nSPS) is 12.4. The lowest BCUT2D eigenvalue weighted by atomic mass is 9.97. The zero-order valence-electron chi connectivity index (χ0n) is 11.3. The van der Waals surface area contributed by atoms with Crippen molar-refractivity contribution in [3.63, 3.8) is 0 Å². The minimum atomic E-state index is -1.05. The second kappa shape index (κ2) is 5.26. The predicted octanol–water partition coefficient (Wildman–Crippen LogP) is 3.46. The van der Waals surface area contributed by atoms with Gasteiger partial charge in [-0.05, 0) is 30.0 Å². The molecular formula is C15H17NO3. The van der Waals surface area contributed by atoms with Gasteiger partial charge in [-0.2, -0.15) is 0 Å². The molecule has 4 nitrogen and oxygen atoms in total. The second-order valence-corrected chi connectivity index (χ2v) is 4.60. The highest BCUT2D eigenvalue weighted by Crippen LogP contribution is 2.29. The SMILES string of the molecule is CCC(C)c1ccc2nc(C(=O)O)cc(OC)c2c1. The number of pyridine rings is 1. The lowest BCUT2D eigenvalue weighted by Crippen LogP contribution is -2.02. The van der Waals surface area contributed by atoms with E-state index in [9.17, 15) is 4.79 Å². The molecule has 1 aromatic carbocycles. The van der Waals surface area contributed by atoms with Crippen LogP contribution in [0.4, 0.5) is 0 Å². The van der Waals surface area contributed by atoms with Gasteiger partial charge in [0.05, 0.1) is 12.6 Å². The molecule has 1 N–H and O–H groups in total. The number of nitrogens with zero attached hydrogens (tertiary/aromatic N) is 1. The zero-order chi connectivity index (χ0) is 14.0. The van der Waals surface area contributed by atoms with Gasteiger partial charge in [-0.15, -0.1) is 0 Å². The third-order valence-electron chi connectivity index (χ3n) is 3.42. The molecule has 19 heavy (non-hydrogen) atoms. The van der Waals surface area contributed by atoms with Gasteiger partial charge in [0.25, 0.3) is 0 Å². The van der Waals surface area contributed by atoms with Crippen molar-refractivity contribution in [1.29, 1.82) is 0 Å². The van der Waals surface area contributed by atoms with Crippen LogP contribution < -0.4 is 4.74 Å². The molecular weight excluding hydrogens is 242 g/mol. The Bertz CT molecular complexity index is 622. The lowest BCUT2D eigenvalue weighted by Gasteiger charge is -2.12. The summed E-state index contributed by atoms with van der Waals surface area (Å²) in [6, 6.07) is 7.34. The first-order chi connectivity index (χ1) is 9.06. The number of benzene rings is 1. The molecule has 1 aromatic heterocycles. The lowest BCUT2D eigenvalue weighted by molar-refractivity contribution is 0.0690. The van der Waals surface area contributed by atoms with E-state index >= 15 is 0 Å². The maximum atomic E-state index is 11.0. The molecule has 1 unspecified atom stereocenters. The van der Waals surface area contributed by atoms with Crippen LogP contribution >= 0.6 is 0 Å². The van der Waals surface area contributed by atoms with Crippen molar-refractivity contribution in [3.05, 3.63) is 35.5 Å². The van der Waals surface area contributed by atoms with E-state index in [-0.39, 0.29) is 5.69 Å². The summed E-state index contributed by atoms with van der Waals surface area (Å²) in [5.41, 5.74) is 1.85. The Balaban J connectivity index is 2.65. The Morgan fingerprint density at radius 1 is 1.42 bits per heavy atom. The molecule has 100 valence electrons. The summed E-state index contributed by atoms with van der Waals surface area (Å²) in [4.78, 5) is 15.1. The van der Waals surface area contributed by atoms with Crippen LogP contribution in [0.15, 0.2) is 24.3 Å². The fourth-order valence-corrected chi connectivity index (χ4v) is 2.03. The topological polar surface area (TPSA) is 59.4 Å². The standard InChI is InChI=1S/C15H17NO3/c1-4-9(2)10-5-6-12-11(7-10)14(19-3)8-13(16-12)15(17)18/h5-9H,4H2,1-3H3,(H,17,18). The van der Waals surface area contributed by atoms with Gasteiger partial charge in [0.1, 0.15) is 5.75 Å². The molecule has 1 heterocycles. The van der Waals surface area contributed by atoms with Crippen molar-refractivity contribution in [3.8, 4) is 5.75 Å². The van der Waals surface area contributed by atoms with Gasteiger partial charge in [0, 0.05) is 11.5 Å². The van der Waals surface area contributed by atoms with Crippen LogP contribution in [0.5, 0.6) is 5.75 Å². The van der Waals surface area contributed by atoms with Gasteiger partial charge in [-0.1, -0.05) is 19.9 Å². The molecule has 0 bridgehead atoms. The fraction of sp³-hybridized carbons (Fsp3) is 0.333.